The zero-order chi connectivity index (χ0) is 15.6. The monoisotopic (exact) mass is 362 g/mol. The van der Waals surface area contributed by atoms with Crippen LogP contribution in [0.25, 0.3) is 0 Å². The summed E-state index contributed by atoms with van der Waals surface area (Å²) < 4.78 is 50.7. The Morgan fingerprint density at radius 3 is 2.43 bits per heavy atom. The molecule has 0 spiro atoms. The highest BCUT2D eigenvalue weighted by Gasteiger charge is 2.30. The van der Waals surface area contributed by atoms with Gasteiger partial charge in [-0.3, -0.25) is 4.98 Å². The number of hydrogen-bond donors (Lipinski definition) is 1. The Bertz CT molecular complexity index is 626. The first-order valence-corrected chi connectivity index (χ1v) is 6.79. The molecule has 7 heteroatoms. The summed E-state index contributed by atoms with van der Waals surface area (Å²) in [5, 5.41) is 0. The van der Waals surface area contributed by atoms with E-state index in [-0.39, 0.29) is 5.82 Å². The molecule has 2 rings (SSSR count). The van der Waals surface area contributed by atoms with Crippen molar-refractivity contribution in [2.45, 2.75) is 18.6 Å². The van der Waals surface area contributed by atoms with Gasteiger partial charge in [0, 0.05) is 6.20 Å². The third kappa shape index (κ3) is 4.01. The molecule has 1 heterocycles. The van der Waals surface area contributed by atoms with Crippen LogP contribution in [-0.4, -0.2) is 4.98 Å². The Morgan fingerprint density at radius 2 is 1.90 bits per heavy atom. The molecule has 2 aromatic rings. The number of halogens is 5. The van der Waals surface area contributed by atoms with E-state index in [1.54, 1.807) is 12.1 Å². The SMILES string of the molecule is NC(Cc1ccc(F)c(Br)c1)c1ccc(C(F)(F)F)cn1. The Balaban J connectivity index is 2.13. The number of benzene rings is 1. The second kappa shape index (κ2) is 6.11. The van der Waals surface area contributed by atoms with E-state index in [1.807, 2.05) is 0 Å². The third-order valence-corrected chi connectivity index (χ3v) is 3.54. The van der Waals surface area contributed by atoms with Crippen molar-refractivity contribution >= 4 is 15.9 Å². The van der Waals surface area contributed by atoms with Crippen LogP contribution >= 0.6 is 15.9 Å². The summed E-state index contributed by atoms with van der Waals surface area (Å²) in [5.74, 6) is -0.389. The van der Waals surface area contributed by atoms with Crippen molar-refractivity contribution in [1.82, 2.24) is 4.98 Å². The molecule has 0 fully saturated rings. The van der Waals surface area contributed by atoms with Gasteiger partial charge in [-0.05, 0) is 52.2 Å². The molecule has 0 aliphatic carbocycles. The molecule has 0 radical (unpaired) electrons. The molecule has 2 nitrogen and oxygen atoms in total. The molecule has 1 aromatic heterocycles. The van der Waals surface area contributed by atoms with Gasteiger partial charge >= 0.3 is 6.18 Å². The minimum absolute atomic E-state index is 0.313. The van der Waals surface area contributed by atoms with E-state index in [0.29, 0.717) is 16.6 Å². The molecule has 1 atom stereocenters. The smallest absolute Gasteiger partial charge is 0.322 e. The van der Waals surface area contributed by atoms with E-state index in [2.05, 4.69) is 20.9 Å². The number of alkyl halides is 3. The molecule has 1 unspecified atom stereocenters. The summed E-state index contributed by atoms with van der Waals surface area (Å²) in [6.07, 6.45) is -3.32. The van der Waals surface area contributed by atoms with Crippen LogP contribution < -0.4 is 5.73 Å². The summed E-state index contributed by atoms with van der Waals surface area (Å²) in [4.78, 5) is 3.75. The lowest BCUT2D eigenvalue weighted by Crippen LogP contribution is -2.16. The predicted octanol–water partition coefficient (Wildman–Crippen LogP) is 4.24. The maximum Gasteiger partial charge on any atom is 0.417 e. The Kier molecular flexibility index (Phi) is 4.63. The lowest BCUT2D eigenvalue weighted by Gasteiger charge is -2.13. The normalized spacial score (nSPS) is 13.2. The Hall–Kier alpha value is -1.47. The summed E-state index contributed by atoms with van der Waals surface area (Å²) in [5.41, 5.74) is 6.22. The van der Waals surface area contributed by atoms with Gasteiger partial charge in [0.25, 0.3) is 0 Å². The highest BCUT2D eigenvalue weighted by Crippen LogP contribution is 2.29. The molecular formula is C14H11BrF4N2. The molecule has 0 bridgehead atoms. The third-order valence-electron chi connectivity index (χ3n) is 2.93. The topological polar surface area (TPSA) is 38.9 Å². The first kappa shape index (κ1) is 15.9. The molecule has 0 saturated heterocycles. The zero-order valence-electron chi connectivity index (χ0n) is 10.7. The van der Waals surface area contributed by atoms with Crippen molar-refractivity contribution in [2.75, 3.05) is 0 Å². The van der Waals surface area contributed by atoms with Crippen LogP contribution in [0.2, 0.25) is 0 Å². The molecule has 21 heavy (non-hydrogen) atoms. The molecule has 0 saturated carbocycles. The zero-order valence-corrected chi connectivity index (χ0v) is 12.2. The minimum Gasteiger partial charge on any atom is -0.322 e. The highest BCUT2D eigenvalue weighted by molar-refractivity contribution is 9.10. The highest BCUT2D eigenvalue weighted by atomic mass is 79.9. The van der Waals surface area contributed by atoms with Crippen molar-refractivity contribution < 1.29 is 17.6 Å². The molecule has 1 aromatic carbocycles. The van der Waals surface area contributed by atoms with Gasteiger partial charge in [0.2, 0.25) is 0 Å². The number of nitrogens with zero attached hydrogens (tertiary/aromatic N) is 1. The van der Waals surface area contributed by atoms with Crippen molar-refractivity contribution in [3.63, 3.8) is 0 Å². The second-order valence-corrected chi connectivity index (χ2v) is 5.38. The molecule has 0 amide bonds. The van der Waals surface area contributed by atoms with Crippen LogP contribution in [0.15, 0.2) is 41.0 Å². The Morgan fingerprint density at radius 1 is 1.19 bits per heavy atom. The maximum atomic E-state index is 13.1. The minimum atomic E-state index is -4.42. The number of hydrogen-bond acceptors (Lipinski definition) is 2. The fourth-order valence-electron chi connectivity index (χ4n) is 1.82. The maximum absolute atomic E-state index is 13.1. The summed E-state index contributed by atoms with van der Waals surface area (Å²) >= 11 is 3.07. The first-order valence-electron chi connectivity index (χ1n) is 6.00. The van der Waals surface area contributed by atoms with E-state index in [1.165, 1.54) is 12.1 Å². The molecule has 2 N–H and O–H groups in total. The molecular weight excluding hydrogens is 352 g/mol. The quantitative estimate of drug-likeness (QED) is 0.829. The van der Waals surface area contributed by atoms with Crippen LogP contribution in [0.5, 0.6) is 0 Å². The Labute approximate surface area is 127 Å². The summed E-state index contributed by atoms with van der Waals surface area (Å²) in [6, 6.07) is 6.09. The predicted molar refractivity (Wildman–Crippen MR) is 74.0 cm³/mol. The molecule has 0 aliphatic rings. The van der Waals surface area contributed by atoms with Gasteiger partial charge in [-0.15, -0.1) is 0 Å². The van der Waals surface area contributed by atoms with Crippen molar-refractivity contribution in [2.24, 2.45) is 5.73 Å². The number of nitrogens with two attached hydrogens (primary N) is 1. The average molecular weight is 363 g/mol. The van der Waals surface area contributed by atoms with Crippen LogP contribution in [0.1, 0.15) is 22.9 Å². The van der Waals surface area contributed by atoms with Gasteiger partial charge in [0.15, 0.2) is 0 Å². The van der Waals surface area contributed by atoms with E-state index >= 15 is 0 Å². The van der Waals surface area contributed by atoms with Crippen molar-refractivity contribution in [1.29, 1.82) is 0 Å². The van der Waals surface area contributed by atoms with Crippen LogP contribution in [0, 0.1) is 5.82 Å². The first-order chi connectivity index (χ1) is 9.77. The molecule has 112 valence electrons. The fourth-order valence-corrected chi connectivity index (χ4v) is 2.24. The standard InChI is InChI=1S/C14H11BrF4N2/c15-10-5-8(1-3-11(10)16)6-12(20)13-4-2-9(7-21-13)14(17,18)19/h1-5,7,12H,6,20H2. The summed E-state index contributed by atoms with van der Waals surface area (Å²) in [7, 11) is 0. The van der Waals surface area contributed by atoms with Gasteiger partial charge in [-0.25, -0.2) is 4.39 Å². The lowest BCUT2D eigenvalue weighted by molar-refractivity contribution is -0.137. The van der Waals surface area contributed by atoms with Gasteiger partial charge < -0.3 is 5.73 Å². The average Bonchev–Trinajstić information content (AvgIpc) is 2.42. The van der Waals surface area contributed by atoms with Crippen LogP contribution in [0.3, 0.4) is 0 Å². The molecule has 0 aliphatic heterocycles. The summed E-state index contributed by atoms with van der Waals surface area (Å²) in [6.45, 7) is 0. The van der Waals surface area contributed by atoms with E-state index in [4.69, 9.17) is 5.73 Å². The van der Waals surface area contributed by atoms with Gasteiger partial charge in [0.05, 0.1) is 21.8 Å². The number of pyridine rings is 1. The number of aromatic nitrogens is 1. The van der Waals surface area contributed by atoms with Gasteiger partial charge in [-0.2, -0.15) is 13.2 Å². The van der Waals surface area contributed by atoms with Crippen LogP contribution in [-0.2, 0) is 12.6 Å². The fraction of sp³-hybridized carbons (Fsp3) is 0.214. The number of rotatable bonds is 3. The van der Waals surface area contributed by atoms with E-state index in [0.717, 1.165) is 17.8 Å². The lowest BCUT2D eigenvalue weighted by atomic mass is 10.0. The van der Waals surface area contributed by atoms with E-state index < -0.39 is 17.8 Å². The van der Waals surface area contributed by atoms with Gasteiger partial charge in [0.1, 0.15) is 5.82 Å². The van der Waals surface area contributed by atoms with Crippen molar-refractivity contribution in [3.8, 4) is 0 Å². The van der Waals surface area contributed by atoms with Crippen LogP contribution in [0.4, 0.5) is 17.6 Å². The second-order valence-electron chi connectivity index (χ2n) is 4.53. The van der Waals surface area contributed by atoms with Crippen molar-refractivity contribution in [3.05, 3.63) is 63.6 Å². The van der Waals surface area contributed by atoms with Gasteiger partial charge in [-0.1, -0.05) is 6.07 Å². The van der Waals surface area contributed by atoms with E-state index in [9.17, 15) is 17.6 Å². The largest absolute Gasteiger partial charge is 0.417 e.